The van der Waals surface area contributed by atoms with Crippen molar-refractivity contribution < 1.29 is 14.3 Å². The van der Waals surface area contributed by atoms with Gasteiger partial charge in [0, 0.05) is 26.2 Å². The second-order valence-electron chi connectivity index (χ2n) is 6.41. The van der Waals surface area contributed by atoms with Gasteiger partial charge < -0.3 is 20.1 Å². The van der Waals surface area contributed by atoms with E-state index in [1.165, 1.54) is 0 Å². The van der Waals surface area contributed by atoms with Crippen molar-refractivity contribution in [2.45, 2.75) is 26.7 Å². The Kier molecular flexibility index (Phi) is 8.55. The molecule has 0 saturated carbocycles. The molecule has 0 radical (unpaired) electrons. The standard InChI is InChI=1S/C19H31N3O3/c1-16-6-3-7-17(2)18(16)25-13-5-9-21-19(23)20-8-4-10-22-11-14-24-15-12-22/h3,6-7H,4-5,8-15H2,1-2H3,(H2,20,21,23). The first-order valence-electron chi connectivity index (χ1n) is 9.17. The smallest absolute Gasteiger partial charge is 0.314 e. The van der Waals surface area contributed by atoms with Crippen molar-refractivity contribution in [3.8, 4) is 5.75 Å². The van der Waals surface area contributed by atoms with Crippen molar-refractivity contribution in [2.75, 3.05) is 52.5 Å². The van der Waals surface area contributed by atoms with E-state index >= 15 is 0 Å². The molecule has 1 heterocycles. The van der Waals surface area contributed by atoms with Crippen LogP contribution in [-0.4, -0.2) is 63.5 Å². The molecule has 2 N–H and O–H groups in total. The Morgan fingerprint density at radius 2 is 1.76 bits per heavy atom. The highest BCUT2D eigenvalue weighted by atomic mass is 16.5. The first-order valence-corrected chi connectivity index (χ1v) is 9.17. The summed E-state index contributed by atoms with van der Waals surface area (Å²) >= 11 is 0. The van der Waals surface area contributed by atoms with Gasteiger partial charge >= 0.3 is 6.03 Å². The van der Waals surface area contributed by atoms with Gasteiger partial charge in [-0.1, -0.05) is 18.2 Å². The average molecular weight is 349 g/mol. The van der Waals surface area contributed by atoms with E-state index in [9.17, 15) is 4.79 Å². The first-order chi connectivity index (χ1) is 12.2. The van der Waals surface area contributed by atoms with Crippen LogP contribution in [0.5, 0.6) is 5.75 Å². The molecule has 1 saturated heterocycles. The lowest BCUT2D eigenvalue weighted by molar-refractivity contribution is 0.0375. The maximum absolute atomic E-state index is 11.7. The molecule has 0 aromatic heterocycles. The molecule has 1 aliphatic heterocycles. The lowest BCUT2D eigenvalue weighted by Gasteiger charge is -2.26. The van der Waals surface area contributed by atoms with E-state index in [0.29, 0.717) is 19.7 Å². The van der Waals surface area contributed by atoms with Gasteiger partial charge in [0.15, 0.2) is 0 Å². The Morgan fingerprint density at radius 1 is 1.12 bits per heavy atom. The number of urea groups is 1. The number of nitrogens with one attached hydrogen (secondary N) is 2. The van der Waals surface area contributed by atoms with Crippen molar-refractivity contribution in [1.82, 2.24) is 15.5 Å². The number of amides is 2. The van der Waals surface area contributed by atoms with Crippen LogP contribution in [0.15, 0.2) is 18.2 Å². The van der Waals surface area contributed by atoms with Gasteiger partial charge in [-0.2, -0.15) is 0 Å². The van der Waals surface area contributed by atoms with E-state index in [1.54, 1.807) is 0 Å². The molecular weight excluding hydrogens is 318 g/mol. The predicted octanol–water partition coefficient (Wildman–Crippen LogP) is 2.09. The zero-order chi connectivity index (χ0) is 17.9. The average Bonchev–Trinajstić information content (AvgIpc) is 2.61. The molecule has 0 spiro atoms. The number of carbonyl (C=O) groups is 1. The summed E-state index contributed by atoms with van der Waals surface area (Å²) in [6.45, 7) is 10.6. The highest BCUT2D eigenvalue weighted by molar-refractivity contribution is 5.73. The number of nitrogens with zero attached hydrogens (tertiary/aromatic N) is 1. The second kappa shape index (κ2) is 10.9. The van der Waals surface area contributed by atoms with Gasteiger partial charge in [0.2, 0.25) is 0 Å². The van der Waals surface area contributed by atoms with Gasteiger partial charge in [0.05, 0.1) is 19.8 Å². The van der Waals surface area contributed by atoms with Gasteiger partial charge in [-0.05, 0) is 44.4 Å². The number of benzene rings is 1. The summed E-state index contributed by atoms with van der Waals surface area (Å²) in [7, 11) is 0. The Hall–Kier alpha value is -1.79. The van der Waals surface area contributed by atoms with Crippen LogP contribution < -0.4 is 15.4 Å². The summed E-state index contributed by atoms with van der Waals surface area (Å²) in [6, 6.07) is 6.02. The van der Waals surface area contributed by atoms with Crippen LogP contribution in [0.4, 0.5) is 4.79 Å². The van der Waals surface area contributed by atoms with Crippen LogP contribution in [0.2, 0.25) is 0 Å². The minimum Gasteiger partial charge on any atom is -0.493 e. The first kappa shape index (κ1) is 19.5. The molecule has 6 heteroatoms. The monoisotopic (exact) mass is 349 g/mol. The summed E-state index contributed by atoms with van der Waals surface area (Å²) in [5.74, 6) is 0.954. The van der Waals surface area contributed by atoms with Crippen LogP contribution in [0.25, 0.3) is 0 Å². The molecule has 140 valence electrons. The van der Waals surface area contributed by atoms with E-state index in [2.05, 4.69) is 15.5 Å². The molecule has 0 unspecified atom stereocenters. The minimum atomic E-state index is -0.103. The molecule has 6 nitrogen and oxygen atoms in total. The van der Waals surface area contributed by atoms with Crippen LogP contribution in [0, 0.1) is 13.8 Å². The van der Waals surface area contributed by atoms with Crippen molar-refractivity contribution in [1.29, 1.82) is 0 Å². The molecule has 1 aromatic rings. The summed E-state index contributed by atoms with van der Waals surface area (Å²) in [5.41, 5.74) is 2.29. The lowest BCUT2D eigenvalue weighted by Crippen LogP contribution is -2.40. The van der Waals surface area contributed by atoms with Crippen LogP contribution in [0.3, 0.4) is 0 Å². The Balaban J connectivity index is 1.48. The molecule has 1 aliphatic rings. The molecule has 2 rings (SSSR count). The zero-order valence-electron chi connectivity index (χ0n) is 15.5. The van der Waals surface area contributed by atoms with E-state index in [4.69, 9.17) is 9.47 Å². The Bertz CT molecular complexity index is 510. The van der Waals surface area contributed by atoms with Gasteiger partial charge in [-0.3, -0.25) is 4.90 Å². The van der Waals surface area contributed by atoms with Gasteiger partial charge in [0.25, 0.3) is 0 Å². The van der Waals surface area contributed by atoms with Crippen molar-refractivity contribution in [3.05, 3.63) is 29.3 Å². The fraction of sp³-hybridized carbons (Fsp3) is 0.632. The SMILES string of the molecule is Cc1cccc(C)c1OCCCNC(=O)NCCCN1CCOCC1. The summed E-state index contributed by atoms with van der Waals surface area (Å²) in [4.78, 5) is 14.1. The molecular formula is C19H31N3O3. The maximum Gasteiger partial charge on any atom is 0.314 e. The number of para-hydroxylation sites is 1. The largest absolute Gasteiger partial charge is 0.493 e. The number of rotatable bonds is 9. The number of morpholine rings is 1. The number of aryl methyl sites for hydroxylation is 2. The molecule has 1 fully saturated rings. The number of hydrogen-bond acceptors (Lipinski definition) is 4. The van der Waals surface area contributed by atoms with Crippen LogP contribution >= 0.6 is 0 Å². The van der Waals surface area contributed by atoms with E-state index in [0.717, 1.165) is 62.6 Å². The molecule has 1 aromatic carbocycles. The molecule has 0 bridgehead atoms. The molecule has 2 amide bonds. The third-order valence-electron chi connectivity index (χ3n) is 4.30. The second-order valence-corrected chi connectivity index (χ2v) is 6.41. The summed E-state index contributed by atoms with van der Waals surface area (Å²) in [5, 5.41) is 5.77. The number of ether oxygens (including phenoxy) is 2. The van der Waals surface area contributed by atoms with Gasteiger partial charge in [-0.25, -0.2) is 4.79 Å². The van der Waals surface area contributed by atoms with Gasteiger partial charge in [-0.15, -0.1) is 0 Å². The van der Waals surface area contributed by atoms with Crippen molar-refractivity contribution in [2.24, 2.45) is 0 Å². The van der Waals surface area contributed by atoms with E-state index in [-0.39, 0.29) is 6.03 Å². The third-order valence-corrected chi connectivity index (χ3v) is 4.30. The molecule has 0 atom stereocenters. The third kappa shape index (κ3) is 7.32. The van der Waals surface area contributed by atoms with E-state index in [1.807, 2.05) is 32.0 Å². The fourth-order valence-corrected chi connectivity index (χ4v) is 2.87. The zero-order valence-corrected chi connectivity index (χ0v) is 15.5. The number of carbonyl (C=O) groups excluding carboxylic acids is 1. The van der Waals surface area contributed by atoms with E-state index < -0.39 is 0 Å². The summed E-state index contributed by atoms with van der Waals surface area (Å²) in [6.07, 6.45) is 1.75. The lowest BCUT2D eigenvalue weighted by atomic mass is 10.1. The van der Waals surface area contributed by atoms with Gasteiger partial charge in [0.1, 0.15) is 5.75 Å². The maximum atomic E-state index is 11.7. The minimum absolute atomic E-state index is 0.103. The normalized spacial score (nSPS) is 15.0. The van der Waals surface area contributed by atoms with Crippen molar-refractivity contribution in [3.63, 3.8) is 0 Å². The molecule has 0 aliphatic carbocycles. The topological polar surface area (TPSA) is 62.8 Å². The molecule has 25 heavy (non-hydrogen) atoms. The highest BCUT2D eigenvalue weighted by Crippen LogP contribution is 2.22. The quantitative estimate of drug-likeness (QED) is 0.670. The van der Waals surface area contributed by atoms with Crippen LogP contribution in [-0.2, 0) is 4.74 Å². The number of hydrogen-bond donors (Lipinski definition) is 2. The Labute approximate surface area is 150 Å². The van der Waals surface area contributed by atoms with Crippen LogP contribution in [0.1, 0.15) is 24.0 Å². The Morgan fingerprint density at radius 3 is 2.44 bits per heavy atom. The summed E-state index contributed by atoms with van der Waals surface area (Å²) < 4.78 is 11.1. The van der Waals surface area contributed by atoms with Crippen molar-refractivity contribution >= 4 is 6.03 Å². The highest BCUT2D eigenvalue weighted by Gasteiger charge is 2.09. The fourth-order valence-electron chi connectivity index (χ4n) is 2.87. The predicted molar refractivity (Wildman–Crippen MR) is 99.3 cm³/mol.